The molecule has 0 heterocycles. The zero-order valence-corrected chi connectivity index (χ0v) is 9.65. The molecule has 3 nitrogen and oxygen atoms in total. The minimum atomic E-state index is -2.80. The summed E-state index contributed by atoms with van der Waals surface area (Å²) >= 11 is 0. The van der Waals surface area contributed by atoms with Gasteiger partial charge in [0, 0.05) is 0 Å². The number of hydrogen-bond acceptors (Lipinski definition) is 3. The first-order chi connectivity index (χ1) is 5.98. The summed E-state index contributed by atoms with van der Waals surface area (Å²) in [6, 6.07) is 0. The fraction of sp³-hybridized carbons (Fsp3) is 1.00. The van der Waals surface area contributed by atoms with Crippen LogP contribution >= 0.6 is 0 Å². The first-order valence-electron chi connectivity index (χ1n) is 4.89. The lowest BCUT2D eigenvalue weighted by Crippen LogP contribution is -2.20. The predicted molar refractivity (Wildman–Crippen MR) is 56.7 cm³/mol. The van der Waals surface area contributed by atoms with Gasteiger partial charge in [-0.3, -0.25) is 0 Å². The molecule has 0 bridgehead atoms. The Morgan fingerprint density at radius 3 is 2.38 bits per heavy atom. The molecule has 0 unspecified atom stereocenters. The van der Waals surface area contributed by atoms with E-state index in [4.69, 9.17) is 0 Å². The molecule has 4 heteroatoms. The summed E-state index contributed by atoms with van der Waals surface area (Å²) in [4.78, 5) is 0. The van der Waals surface area contributed by atoms with Crippen molar-refractivity contribution >= 4 is 9.84 Å². The molecule has 0 saturated heterocycles. The summed E-state index contributed by atoms with van der Waals surface area (Å²) in [6.07, 6.45) is 0.725. The molecule has 0 rings (SSSR count). The molecule has 0 aromatic heterocycles. The first kappa shape index (κ1) is 12.9. The van der Waals surface area contributed by atoms with Crippen molar-refractivity contribution in [2.45, 2.75) is 27.2 Å². The highest BCUT2D eigenvalue weighted by Gasteiger charge is 2.11. The lowest BCUT2D eigenvalue weighted by molar-refractivity contribution is 0.577. The van der Waals surface area contributed by atoms with E-state index in [1.807, 2.05) is 20.8 Å². The van der Waals surface area contributed by atoms with Gasteiger partial charge in [0.1, 0.15) is 0 Å². The zero-order chi connectivity index (χ0) is 10.3. The van der Waals surface area contributed by atoms with Crippen molar-refractivity contribution in [1.82, 2.24) is 5.32 Å². The average molecular weight is 207 g/mol. The largest absolute Gasteiger partial charge is 0.317 e. The van der Waals surface area contributed by atoms with Crippen LogP contribution in [-0.4, -0.2) is 33.0 Å². The van der Waals surface area contributed by atoms with Gasteiger partial charge in [-0.25, -0.2) is 8.42 Å². The van der Waals surface area contributed by atoms with Crippen LogP contribution in [0.5, 0.6) is 0 Å². The molecular weight excluding hydrogens is 186 g/mol. The van der Waals surface area contributed by atoms with Crippen molar-refractivity contribution in [2.75, 3.05) is 24.6 Å². The SMILES string of the molecule is CCNCCCS(=O)(=O)CC(C)C. The molecule has 0 amide bonds. The van der Waals surface area contributed by atoms with Crippen molar-refractivity contribution in [3.63, 3.8) is 0 Å². The van der Waals surface area contributed by atoms with Crippen LogP contribution in [0.25, 0.3) is 0 Å². The van der Waals surface area contributed by atoms with Gasteiger partial charge in [0.25, 0.3) is 0 Å². The van der Waals surface area contributed by atoms with Crippen LogP contribution in [0, 0.1) is 5.92 Å². The summed E-state index contributed by atoms with van der Waals surface area (Å²) in [5.41, 5.74) is 0. The van der Waals surface area contributed by atoms with Gasteiger partial charge in [-0.2, -0.15) is 0 Å². The predicted octanol–water partition coefficient (Wildman–Crippen LogP) is 1.06. The molecule has 0 aromatic carbocycles. The number of rotatable bonds is 7. The minimum Gasteiger partial charge on any atom is -0.317 e. The second kappa shape index (κ2) is 6.38. The third-order valence-electron chi connectivity index (χ3n) is 1.65. The lowest BCUT2D eigenvalue weighted by Gasteiger charge is -2.06. The van der Waals surface area contributed by atoms with Gasteiger partial charge in [0.05, 0.1) is 11.5 Å². The molecule has 0 spiro atoms. The van der Waals surface area contributed by atoms with Crippen molar-refractivity contribution in [3.05, 3.63) is 0 Å². The average Bonchev–Trinajstić information content (AvgIpc) is 1.95. The van der Waals surface area contributed by atoms with Gasteiger partial charge in [-0.05, 0) is 25.4 Å². The van der Waals surface area contributed by atoms with Crippen LogP contribution in [0.15, 0.2) is 0 Å². The summed E-state index contributed by atoms with van der Waals surface area (Å²) in [6.45, 7) is 7.59. The highest BCUT2D eigenvalue weighted by Crippen LogP contribution is 2.01. The number of nitrogens with one attached hydrogen (secondary N) is 1. The maximum absolute atomic E-state index is 11.4. The monoisotopic (exact) mass is 207 g/mol. The van der Waals surface area contributed by atoms with Crippen LogP contribution in [0.2, 0.25) is 0 Å². The smallest absolute Gasteiger partial charge is 0.150 e. The molecule has 0 aliphatic carbocycles. The molecule has 0 aliphatic rings. The molecule has 0 aromatic rings. The standard InChI is InChI=1S/C9H21NO2S/c1-4-10-6-5-7-13(11,12)8-9(2)3/h9-10H,4-8H2,1-3H3. The quantitative estimate of drug-likeness (QED) is 0.635. The van der Waals surface area contributed by atoms with Crippen LogP contribution < -0.4 is 5.32 Å². The van der Waals surface area contributed by atoms with E-state index in [1.54, 1.807) is 0 Å². The Bertz CT molecular complexity index is 210. The normalized spacial score (nSPS) is 12.3. The second-order valence-electron chi connectivity index (χ2n) is 3.72. The highest BCUT2D eigenvalue weighted by molar-refractivity contribution is 7.91. The fourth-order valence-corrected chi connectivity index (χ4v) is 2.95. The van der Waals surface area contributed by atoms with Gasteiger partial charge >= 0.3 is 0 Å². The van der Waals surface area contributed by atoms with Crippen molar-refractivity contribution in [3.8, 4) is 0 Å². The Labute approximate surface area is 81.8 Å². The number of hydrogen-bond donors (Lipinski definition) is 1. The van der Waals surface area contributed by atoms with Crippen molar-refractivity contribution < 1.29 is 8.42 Å². The van der Waals surface area contributed by atoms with Crippen LogP contribution in [-0.2, 0) is 9.84 Å². The van der Waals surface area contributed by atoms with E-state index in [9.17, 15) is 8.42 Å². The van der Waals surface area contributed by atoms with Crippen LogP contribution in [0.4, 0.5) is 0 Å². The van der Waals surface area contributed by atoms with Crippen molar-refractivity contribution in [2.24, 2.45) is 5.92 Å². The Kier molecular flexibility index (Phi) is 6.33. The summed E-state index contributed by atoms with van der Waals surface area (Å²) in [5, 5.41) is 3.11. The molecular formula is C9H21NO2S. The van der Waals surface area contributed by atoms with E-state index in [-0.39, 0.29) is 5.92 Å². The van der Waals surface area contributed by atoms with Gasteiger partial charge < -0.3 is 5.32 Å². The molecule has 0 fully saturated rings. The molecule has 80 valence electrons. The number of sulfone groups is 1. The minimum absolute atomic E-state index is 0.240. The maximum Gasteiger partial charge on any atom is 0.150 e. The molecule has 1 N–H and O–H groups in total. The molecule has 13 heavy (non-hydrogen) atoms. The molecule has 0 atom stereocenters. The molecule has 0 radical (unpaired) electrons. The van der Waals surface area contributed by atoms with Crippen LogP contribution in [0.3, 0.4) is 0 Å². The van der Waals surface area contributed by atoms with E-state index in [2.05, 4.69) is 5.32 Å². The van der Waals surface area contributed by atoms with Crippen LogP contribution in [0.1, 0.15) is 27.2 Å². The zero-order valence-electron chi connectivity index (χ0n) is 8.84. The van der Waals surface area contributed by atoms with Gasteiger partial charge in [0.2, 0.25) is 0 Å². The topological polar surface area (TPSA) is 46.2 Å². The lowest BCUT2D eigenvalue weighted by atomic mass is 10.3. The summed E-state index contributed by atoms with van der Waals surface area (Å²) in [7, 11) is -2.80. The highest BCUT2D eigenvalue weighted by atomic mass is 32.2. The van der Waals surface area contributed by atoms with Gasteiger partial charge in [-0.15, -0.1) is 0 Å². The Hall–Kier alpha value is -0.0900. The maximum atomic E-state index is 11.4. The van der Waals surface area contributed by atoms with E-state index in [1.165, 1.54) is 0 Å². The van der Waals surface area contributed by atoms with Crippen molar-refractivity contribution in [1.29, 1.82) is 0 Å². The first-order valence-corrected chi connectivity index (χ1v) is 6.71. The Morgan fingerprint density at radius 2 is 1.92 bits per heavy atom. The second-order valence-corrected chi connectivity index (χ2v) is 5.94. The van der Waals surface area contributed by atoms with Gasteiger partial charge in [0.15, 0.2) is 9.84 Å². The van der Waals surface area contributed by atoms with E-state index < -0.39 is 9.84 Å². The van der Waals surface area contributed by atoms with E-state index >= 15 is 0 Å². The van der Waals surface area contributed by atoms with E-state index in [0.29, 0.717) is 11.5 Å². The van der Waals surface area contributed by atoms with Gasteiger partial charge in [-0.1, -0.05) is 20.8 Å². The Morgan fingerprint density at radius 1 is 1.31 bits per heavy atom. The summed E-state index contributed by atoms with van der Waals surface area (Å²) in [5.74, 6) is 0.876. The third-order valence-corrected chi connectivity index (χ3v) is 3.73. The molecule has 0 saturated carbocycles. The summed E-state index contributed by atoms with van der Waals surface area (Å²) < 4.78 is 22.8. The van der Waals surface area contributed by atoms with E-state index in [0.717, 1.165) is 19.5 Å². The molecule has 0 aliphatic heterocycles. The Balaban J connectivity index is 3.64. The fourth-order valence-electron chi connectivity index (χ4n) is 1.19. The third kappa shape index (κ3) is 8.25.